The van der Waals surface area contributed by atoms with Crippen LogP contribution in [0.5, 0.6) is 0 Å². The molecule has 0 saturated heterocycles. The van der Waals surface area contributed by atoms with E-state index in [2.05, 4.69) is 0 Å². The molecule has 0 amide bonds. The summed E-state index contributed by atoms with van der Waals surface area (Å²) in [6.07, 6.45) is 0. The van der Waals surface area contributed by atoms with Gasteiger partial charge in [0.2, 0.25) is 0 Å². The molecule has 0 heterocycles. The van der Waals surface area contributed by atoms with E-state index in [1.54, 1.807) is 6.07 Å². The maximum absolute atomic E-state index is 13.5. The van der Waals surface area contributed by atoms with Crippen LogP contribution in [0.15, 0.2) is 47.4 Å². The average Bonchev–Trinajstić information content (AvgIpc) is 2.43. The van der Waals surface area contributed by atoms with Crippen molar-refractivity contribution in [3.05, 3.63) is 65.2 Å². The summed E-state index contributed by atoms with van der Waals surface area (Å²) >= 11 is 0. The second kappa shape index (κ2) is 5.92. The summed E-state index contributed by atoms with van der Waals surface area (Å²) in [6.45, 7) is 0. The fourth-order valence-electron chi connectivity index (χ4n) is 1.72. The Hall–Kier alpha value is -2.08. The van der Waals surface area contributed by atoms with E-state index in [-0.39, 0.29) is 21.8 Å². The maximum atomic E-state index is 13.5. The number of benzene rings is 2. The zero-order valence-electron chi connectivity index (χ0n) is 10.2. The number of carboxylic acids is 1. The smallest absolute Gasteiger partial charge is 0.336 e. The first-order valence-electron chi connectivity index (χ1n) is 5.64. The highest BCUT2D eigenvalue weighted by Gasteiger charge is 2.17. The monoisotopic (exact) mass is 296 g/mol. The Bertz CT molecular complexity index is 686. The SMILES string of the molecule is O=C(O)c1ccccc1S(=O)Cc1cccc(F)c1F. The average molecular weight is 296 g/mol. The molecule has 0 aliphatic carbocycles. The summed E-state index contributed by atoms with van der Waals surface area (Å²) < 4.78 is 38.7. The first-order chi connectivity index (χ1) is 9.50. The van der Waals surface area contributed by atoms with Gasteiger partial charge in [-0.1, -0.05) is 24.3 Å². The van der Waals surface area contributed by atoms with E-state index in [0.717, 1.165) is 6.07 Å². The number of aromatic carboxylic acids is 1. The van der Waals surface area contributed by atoms with Crippen LogP contribution in [0.25, 0.3) is 0 Å². The lowest BCUT2D eigenvalue weighted by molar-refractivity contribution is 0.0693. The van der Waals surface area contributed by atoms with Gasteiger partial charge in [0.05, 0.1) is 27.0 Å². The molecule has 0 bridgehead atoms. The number of halogens is 2. The summed E-state index contributed by atoms with van der Waals surface area (Å²) in [7, 11) is -1.77. The molecule has 1 N–H and O–H groups in total. The molecule has 104 valence electrons. The molecule has 20 heavy (non-hydrogen) atoms. The van der Waals surface area contributed by atoms with Gasteiger partial charge in [0.25, 0.3) is 0 Å². The largest absolute Gasteiger partial charge is 0.478 e. The quantitative estimate of drug-likeness (QED) is 0.943. The van der Waals surface area contributed by atoms with Crippen molar-refractivity contribution in [2.24, 2.45) is 0 Å². The van der Waals surface area contributed by atoms with Crippen molar-refractivity contribution < 1.29 is 22.9 Å². The van der Waals surface area contributed by atoms with Crippen LogP contribution in [0.4, 0.5) is 8.78 Å². The Morgan fingerprint density at radius 2 is 1.80 bits per heavy atom. The van der Waals surface area contributed by atoms with Gasteiger partial charge in [-0.3, -0.25) is 4.21 Å². The molecule has 0 aliphatic heterocycles. The highest BCUT2D eigenvalue weighted by Crippen LogP contribution is 2.19. The molecule has 0 saturated carbocycles. The van der Waals surface area contributed by atoms with E-state index in [1.165, 1.54) is 30.3 Å². The zero-order chi connectivity index (χ0) is 14.7. The maximum Gasteiger partial charge on any atom is 0.336 e. The van der Waals surface area contributed by atoms with Crippen LogP contribution in [0, 0.1) is 11.6 Å². The second-order valence-electron chi connectivity index (χ2n) is 4.00. The van der Waals surface area contributed by atoms with Crippen molar-refractivity contribution in [3.8, 4) is 0 Å². The Labute approximate surface area is 116 Å². The molecule has 1 unspecified atom stereocenters. The Morgan fingerprint density at radius 3 is 2.50 bits per heavy atom. The van der Waals surface area contributed by atoms with Crippen molar-refractivity contribution in [1.29, 1.82) is 0 Å². The molecule has 0 aromatic heterocycles. The van der Waals surface area contributed by atoms with Gasteiger partial charge >= 0.3 is 5.97 Å². The molecule has 3 nitrogen and oxygen atoms in total. The minimum Gasteiger partial charge on any atom is -0.478 e. The predicted octanol–water partition coefficient (Wildman–Crippen LogP) is 2.97. The number of rotatable bonds is 4. The summed E-state index contributed by atoms with van der Waals surface area (Å²) in [5, 5.41) is 9.01. The molecule has 2 aromatic rings. The van der Waals surface area contributed by atoms with Crippen LogP contribution in [-0.2, 0) is 16.6 Å². The van der Waals surface area contributed by atoms with Gasteiger partial charge in [-0.05, 0) is 18.2 Å². The second-order valence-corrected chi connectivity index (χ2v) is 5.42. The molecule has 6 heteroatoms. The van der Waals surface area contributed by atoms with Gasteiger partial charge < -0.3 is 5.11 Å². The van der Waals surface area contributed by atoms with Gasteiger partial charge in [-0.25, -0.2) is 13.6 Å². The number of carboxylic acid groups (broad SMARTS) is 1. The topological polar surface area (TPSA) is 54.4 Å². The van der Waals surface area contributed by atoms with Crippen LogP contribution in [-0.4, -0.2) is 15.3 Å². The van der Waals surface area contributed by atoms with E-state index in [0.29, 0.717) is 0 Å². The minimum absolute atomic E-state index is 0.0523. The Morgan fingerprint density at radius 1 is 1.10 bits per heavy atom. The van der Waals surface area contributed by atoms with E-state index < -0.39 is 28.4 Å². The van der Waals surface area contributed by atoms with Crippen LogP contribution in [0.3, 0.4) is 0 Å². The van der Waals surface area contributed by atoms with E-state index in [4.69, 9.17) is 5.11 Å². The molecule has 0 radical (unpaired) electrons. The van der Waals surface area contributed by atoms with Gasteiger partial charge in [0.1, 0.15) is 0 Å². The van der Waals surface area contributed by atoms with Gasteiger partial charge in [-0.2, -0.15) is 0 Å². The molecular formula is C14H10F2O3S. The zero-order valence-corrected chi connectivity index (χ0v) is 11.0. The summed E-state index contributed by atoms with van der Waals surface area (Å²) in [5.74, 6) is -3.58. The molecule has 0 aliphatic rings. The lowest BCUT2D eigenvalue weighted by atomic mass is 10.2. The highest BCUT2D eigenvalue weighted by atomic mass is 32.2. The van der Waals surface area contributed by atoms with Crippen molar-refractivity contribution in [3.63, 3.8) is 0 Å². The van der Waals surface area contributed by atoms with E-state index >= 15 is 0 Å². The standard InChI is InChI=1S/C14H10F2O3S/c15-11-6-3-4-9(13(11)16)8-20(19)12-7-2-1-5-10(12)14(17)18/h1-7H,8H2,(H,17,18). The van der Waals surface area contributed by atoms with Crippen LogP contribution < -0.4 is 0 Å². The van der Waals surface area contributed by atoms with Crippen molar-refractivity contribution >= 4 is 16.8 Å². The number of hydrogen-bond acceptors (Lipinski definition) is 2. The predicted molar refractivity (Wildman–Crippen MR) is 69.9 cm³/mol. The first kappa shape index (κ1) is 14.3. The normalized spacial score (nSPS) is 12.1. The number of carbonyl (C=O) groups is 1. The van der Waals surface area contributed by atoms with Crippen molar-refractivity contribution in [2.75, 3.05) is 0 Å². The minimum atomic E-state index is -1.77. The number of hydrogen-bond donors (Lipinski definition) is 1. The van der Waals surface area contributed by atoms with Gasteiger partial charge in [-0.15, -0.1) is 0 Å². The highest BCUT2D eigenvalue weighted by molar-refractivity contribution is 7.84. The lowest BCUT2D eigenvalue weighted by Gasteiger charge is -2.07. The summed E-state index contributed by atoms with van der Waals surface area (Å²) in [5.41, 5.74) is -0.161. The van der Waals surface area contributed by atoms with E-state index in [9.17, 15) is 17.8 Å². The van der Waals surface area contributed by atoms with Gasteiger partial charge in [0, 0.05) is 5.56 Å². The Kier molecular flexibility index (Phi) is 4.24. The van der Waals surface area contributed by atoms with Gasteiger partial charge in [0.15, 0.2) is 11.6 Å². The fourth-order valence-corrected chi connectivity index (χ4v) is 3.01. The summed E-state index contributed by atoms with van der Waals surface area (Å²) in [6, 6.07) is 9.36. The molecule has 2 aromatic carbocycles. The fraction of sp³-hybridized carbons (Fsp3) is 0.0714. The van der Waals surface area contributed by atoms with Crippen LogP contribution in [0.1, 0.15) is 15.9 Å². The van der Waals surface area contributed by atoms with Crippen molar-refractivity contribution in [1.82, 2.24) is 0 Å². The third-order valence-corrected chi connectivity index (χ3v) is 4.10. The molecule has 0 spiro atoms. The lowest BCUT2D eigenvalue weighted by Crippen LogP contribution is -2.07. The molecule has 2 rings (SSSR count). The first-order valence-corrected chi connectivity index (χ1v) is 6.96. The third kappa shape index (κ3) is 2.91. The molecular weight excluding hydrogens is 286 g/mol. The molecule has 1 atom stereocenters. The van der Waals surface area contributed by atoms with Crippen LogP contribution in [0.2, 0.25) is 0 Å². The van der Waals surface area contributed by atoms with Crippen molar-refractivity contribution in [2.45, 2.75) is 10.6 Å². The van der Waals surface area contributed by atoms with E-state index in [1.807, 2.05) is 0 Å². The summed E-state index contributed by atoms with van der Waals surface area (Å²) in [4.78, 5) is 11.1. The Balaban J connectivity index is 2.34. The van der Waals surface area contributed by atoms with Crippen LogP contribution >= 0.6 is 0 Å². The molecule has 0 fully saturated rings. The third-order valence-electron chi connectivity index (χ3n) is 2.68.